The predicted molar refractivity (Wildman–Crippen MR) is 119 cm³/mol. The van der Waals surface area contributed by atoms with Crippen LogP contribution in [0.1, 0.15) is 37.8 Å². The number of benzene rings is 2. The molecule has 1 aliphatic heterocycles. The van der Waals surface area contributed by atoms with Crippen molar-refractivity contribution in [2.75, 3.05) is 19.6 Å². The fraction of sp³-hybridized carbons (Fsp3) is 0.391. The van der Waals surface area contributed by atoms with Crippen molar-refractivity contribution in [2.45, 2.75) is 44.2 Å². The highest BCUT2D eigenvalue weighted by Gasteiger charge is 2.40. The highest BCUT2D eigenvalue weighted by molar-refractivity contribution is 7.89. The summed E-state index contributed by atoms with van der Waals surface area (Å²) >= 11 is 0. The average Bonchev–Trinajstić information content (AvgIpc) is 2.77. The first-order valence-corrected chi connectivity index (χ1v) is 11.9. The van der Waals surface area contributed by atoms with E-state index < -0.39 is 27.8 Å². The largest absolute Gasteiger partial charge is 0.351 e. The molecule has 1 N–H and O–H groups in total. The summed E-state index contributed by atoms with van der Waals surface area (Å²) in [5.41, 5.74) is 1.56. The normalized spacial score (nSPS) is 17.4. The van der Waals surface area contributed by atoms with E-state index in [4.69, 9.17) is 0 Å². The van der Waals surface area contributed by atoms with Gasteiger partial charge in [0.05, 0.1) is 4.90 Å². The minimum Gasteiger partial charge on any atom is -0.351 e. The van der Waals surface area contributed by atoms with Crippen LogP contribution in [0.5, 0.6) is 0 Å². The quantitative estimate of drug-likeness (QED) is 0.716. The lowest BCUT2D eigenvalue weighted by atomic mass is 10.0. The first-order chi connectivity index (χ1) is 15.1. The number of sulfonamides is 1. The number of rotatable bonds is 6. The maximum atomic E-state index is 13.4. The number of carbonyl (C=O) groups is 2. The Morgan fingerprint density at radius 1 is 1.12 bits per heavy atom. The van der Waals surface area contributed by atoms with Crippen molar-refractivity contribution in [2.24, 2.45) is 0 Å². The number of nitrogens with one attached hydrogen (secondary N) is 1. The lowest BCUT2D eigenvalue weighted by Gasteiger charge is -2.39. The van der Waals surface area contributed by atoms with Gasteiger partial charge in [-0.25, -0.2) is 12.8 Å². The molecule has 1 atom stereocenters. The van der Waals surface area contributed by atoms with Crippen LogP contribution in [0.2, 0.25) is 0 Å². The molecular weight excluding hydrogens is 433 g/mol. The number of hydrogen-bond acceptors (Lipinski definition) is 4. The van der Waals surface area contributed by atoms with E-state index in [9.17, 15) is 22.4 Å². The summed E-state index contributed by atoms with van der Waals surface area (Å²) in [6.45, 7) is 5.62. The molecule has 0 spiro atoms. The molecule has 3 rings (SSSR count). The van der Waals surface area contributed by atoms with E-state index >= 15 is 0 Å². The van der Waals surface area contributed by atoms with Crippen molar-refractivity contribution >= 4 is 21.8 Å². The van der Waals surface area contributed by atoms with E-state index in [2.05, 4.69) is 5.32 Å². The van der Waals surface area contributed by atoms with Crippen LogP contribution in [0.4, 0.5) is 4.39 Å². The molecule has 32 heavy (non-hydrogen) atoms. The molecule has 1 fully saturated rings. The first kappa shape index (κ1) is 23.9. The van der Waals surface area contributed by atoms with Gasteiger partial charge in [-0.05, 0) is 41.3 Å². The number of hydrogen-bond donors (Lipinski definition) is 1. The van der Waals surface area contributed by atoms with Crippen molar-refractivity contribution in [3.8, 4) is 0 Å². The monoisotopic (exact) mass is 461 g/mol. The van der Waals surface area contributed by atoms with Crippen molar-refractivity contribution < 1.29 is 22.4 Å². The van der Waals surface area contributed by atoms with E-state index in [0.717, 1.165) is 9.87 Å². The molecule has 172 valence electrons. The van der Waals surface area contributed by atoms with Crippen LogP contribution in [0, 0.1) is 5.82 Å². The van der Waals surface area contributed by atoms with Crippen molar-refractivity contribution in [1.29, 1.82) is 0 Å². The Labute approximate surface area is 188 Å². The van der Waals surface area contributed by atoms with Gasteiger partial charge in [-0.2, -0.15) is 4.31 Å². The molecular formula is C23H28FN3O4S. The third-order valence-corrected chi connectivity index (χ3v) is 7.51. The molecule has 0 bridgehead atoms. The minimum atomic E-state index is -3.96. The van der Waals surface area contributed by atoms with Crippen molar-refractivity contribution in [3.05, 3.63) is 65.5 Å². The molecule has 1 saturated heterocycles. The third-order valence-electron chi connectivity index (χ3n) is 5.59. The van der Waals surface area contributed by atoms with Crippen LogP contribution in [-0.4, -0.2) is 55.1 Å². The maximum Gasteiger partial charge on any atom is 0.243 e. The van der Waals surface area contributed by atoms with Gasteiger partial charge in [-0.3, -0.25) is 9.59 Å². The van der Waals surface area contributed by atoms with Crippen LogP contribution in [-0.2, 0) is 26.2 Å². The topological polar surface area (TPSA) is 86.8 Å². The zero-order valence-corrected chi connectivity index (χ0v) is 19.2. The second kappa shape index (κ2) is 9.79. The SMILES string of the molecule is CC(=O)N1CCN(S(=O)(=O)c2ccc(C(C)C)cc2)C(C(=O)NCc2cccc(F)c2)C1. The maximum absolute atomic E-state index is 13.4. The molecule has 7 nitrogen and oxygen atoms in total. The summed E-state index contributed by atoms with van der Waals surface area (Å²) < 4.78 is 41.3. The second-order valence-electron chi connectivity index (χ2n) is 8.17. The highest BCUT2D eigenvalue weighted by atomic mass is 32.2. The zero-order chi connectivity index (χ0) is 23.5. The van der Waals surface area contributed by atoms with E-state index in [0.29, 0.717) is 5.56 Å². The Hall–Kier alpha value is -2.78. The van der Waals surface area contributed by atoms with Gasteiger partial charge in [0, 0.05) is 33.1 Å². The van der Waals surface area contributed by atoms with E-state index in [1.807, 2.05) is 13.8 Å². The Morgan fingerprint density at radius 2 is 1.81 bits per heavy atom. The molecule has 0 saturated carbocycles. The van der Waals surface area contributed by atoms with E-state index in [1.54, 1.807) is 30.3 Å². The molecule has 2 aromatic carbocycles. The fourth-order valence-electron chi connectivity index (χ4n) is 3.67. The lowest BCUT2D eigenvalue weighted by molar-refractivity contribution is -0.134. The molecule has 0 radical (unpaired) electrons. The van der Waals surface area contributed by atoms with E-state index in [1.165, 1.54) is 30.0 Å². The average molecular weight is 462 g/mol. The second-order valence-corrected chi connectivity index (χ2v) is 10.1. The van der Waals surface area contributed by atoms with Crippen LogP contribution in [0.25, 0.3) is 0 Å². The molecule has 1 heterocycles. The molecule has 1 aliphatic rings. The van der Waals surface area contributed by atoms with Gasteiger partial charge in [-0.15, -0.1) is 0 Å². The Balaban J connectivity index is 1.84. The highest BCUT2D eigenvalue weighted by Crippen LogP contribution is 2.24. The molecule has 2 aromatic rings. The number of amides is 2. The van der Waals surface area contributed by atoms with Gasteiger partial charge in [-0.1, -0.05) is 38.1 Å². The Kier molecular flexibility index (Phi) is 7.30. The van der Waals surface area contributed by atoms with Crippen LogP contribution >= 0.6 is 0 Å². The van der Waals surface area contributed by atoms with Gasteiger partial charge in [0.25, 0.3) is 0 Å². The smallest absolute Gasteiger partial charge is 0.243 e. The van der Waals surface area contributed by atoms with Crippen molar-refractivity contribution in [1.82, 2.24) is 14.5 Å². The van der Waals surface area contributed by atoms with Gasteiger partial charge >= 0.3 is 0 Å². The van der Waals surface area contributed by atoms with Gasteiger partial charge in [0.1, 0.15) is 11.9 Å². The Morgan fingerprint density at radius 3 is 2.41 bits per heavy atom. The Bertz CT molecular complexity index is 1090. The van der Waals surface area contributed by atoms with Crippen LogP contribution in [0.15, 0.2) is 53.4 Å². The number of nitrogens with zero attached hydrogens (tertiary/aromatic N) is 2. The summed E-state index contributed by atoms with van der Waals surface area (Å²) in [6, 6.07) is 11.3. The lowest BCUT2D eigenvalue weighted by Crippen LogP contribution is -2.61. The summed E-state index contributed by atoms with van der Waals surface area (Å²) in [7, 11) is -3.96. The summed E-state index contributed by atoms with van der Waals surface area (Å²) in [4.78, 5) is 26.5. The summed E-state index contributed by atoms with van der Waals surface area (Å²) in [6.07, 6.45) is 0. The third kappa shape index (κ3) is 5.34. The van der Waals surface area contributed by atoms with E-state index in [-0.39, 0.29) is 42.9 Å². The zero-order valence-electron chi connectivity index (χ0n) is 18.4. The van der Waals surface area contributed by atoms with Gasteiger partial charge in [0.2, 0.25) is 21.8 Å². The molecule has 9 heteroatoms. The molecule has 1 unspecified atom stereocenters. The number of carbonyl (C=O) groups excluding carboxylic acids is 2. The van der Waals surface area contributed by atoms with Crippen LogP contribution < -0.4 is 5.32 Å². The predicted octanol–water partition coefficient (Wildman–Crippen LogP) is 2.49. The number of piperazine rings is 1. The standard InChI is InChI=1S/C23H28FN3O4S/c1-16(2)19-7-9-21(10-8-19)32(30,31)27-12-11-26(17(3)28)15-22(27)23(29)25-14-18-5-4-6-20(24)13-18/h4-10,13,16,22H,11-12,14-15H2,1-3H3,(H,25,29). The van der Waals surface area contributed by atoms with Gasteiger partial charge < -0.3 is 10.2 Å². The van der Waals surface area contributed by atoms with Gasteiger partial charge in [0.15, 0.2) is 0 Å². The fourth-order valence-corrected chi connectivity index (χ4v) is 5.24. The van der Waals surface area contributed by atoms with Crippen molar-refractivity contribution in [3.63, 3.8) is 0 Å². The molecule has 0 aliphatic carbocycles. The summed E-state index contributed by atoms with van der Waals surface area (Å²) in [5.74, 6) is -0.938. The molecule has 2 amide bonds. The van der Waals surface area contributed by atoms with Crippen LogP contribution in [0.3, 0.4) is 0 Å². The number of halogens is 1. The minimum absolute atomic E-state index is 0.00585. The first-order valence-electron chi connectivity index (χ1n) is 10.5. The molecule has 0 aromatic heterocycles. The summed E-state index contributed by atoms with van der Waals surface area (Å²) in [5, 5.41) is 2.68.